The van der Waals surface area contributed by atoms with Crippen molar-refractivity contribution in [2.45, 2.75) is 88.9 Å². The maximum Gasteiger partial charge on any atom is 0.408 e. The molecule has 14 heteroatoms. The SMILES string of the molecule is C=C[C@@H]1C[C@]1(NC(=O)[C@@H]1C[C@@H](Oc2cc(-c3ccccc3)nc3cc(OC)ccc23)CN1C(=O)[C@@H](NC(=O)OC1CCCC1)C(C)(C)C)P(=O)(O)COC. The number of carbonyl (C=O) groups excluding carboxylic acids is 3. The highest BCUT2D eigenvalue weighted by Crippen LogP contribution is 2.69. The van der Waals surface area contributed by atoms with Crippen LogP contribution in [0.1, 0.15) is 59.3 Å². The summed E-state index contributed by atoms with van der Waals surface area (Å²) in [6.07, 6.45) is 3.24. The van der Waals surface area contributed by atoms with Gasteiger partial charge in [0.25, 0.3) is 7.37 Å². The summed E-state index contributed by atoms with van der Waals surface area (Å²) in [4.78, 5) is 59.5. The van der Waals surface area contributed by atoms with Gasteiger partial charge in [-0.05, 0) is 49.7 Å². The first-order valence-corrected chi connectivity index (χ1v) is 20.3. The summed E-state index contributed by atoms with van der Waals surface area (Å²) in [6, 6.07) is 14.8. The maximum absolute atomic E-state index is 14.7. The van der Waals surface area contributed by atoms with Gasteiger partial charge in [-0.15, -0.1) is 6.58 Å². The van der Waals surface area contributed by atoms with Gasteiger partial charge in [-0.3, -0.25) is 14.2 Å². The zero-order valence-corrected chi connectivity index (χ0v) is 32.5. The van der Waals surface area contributed by atoms with Gasteiger partial charge in [-0.1, -0.05) is 57.2 Å². The third-order valence-electron chi connectivity index (χ3n) is 10.7. The minimum Gasteiger partial charge on any atom is -0.497 e. The number of hydrogen-bond donors (Lipinski definition) is 3. The van der Waals surface area contributed by atoms with E-state index in [0.29, 0.717) is 28.1 Å². The number of alkyl carbamates (subject to hydrolysis) is 1. The van der Waals surface area contributed by atoms with Crippen molar-refractivity contribution in [3.63, 3.8) is 0 Å². The van der Waals surface area contributed by atoms with Crippen LogP contribution in [-0.2, 0) is 23.6 Å². The van der Waals surface area contributed by atoms with Crippen molar-refractivity contribution < 1.29 is 42.8 Å². The van der Waals surface area contributed by atoms with E-state index in [9.17, 15) is 23.8 Å². The number of methoxy groups -OCH3 is 2. The van der Waals surface area contributed by atoms with Crippen molar-refractivity contribution in [2.75, 3.05) is 27.1 Å². The van der Waals surface area contributed by atoms with Gasteiger partial charge < -0.3 is 39.4 Å². The Bertz CT molecular complexity index is 1930. The van der Waals surface area contributed by atoms with E-state index in [2.05, 4.69) is 17.2 Å². The van der Waals surface area contributed by atoms with Crippen LogP contribution in [0.25, 0.3) is 22.2 Å². The molecular weight excluding hydrogens is 711 g/mol. The number of rotatable bonds is 13. The molecule has 6 rings (SSSR count). The highest BCUT2D eigenvalue weighted by atomic mass is 31.2. The maximum atomic E-state index is 14.7. The molecule has 6 atom stereocenters. The third kappa shape index (κ3) is 8.13. The number of nitrogens with one attached hydrogen (secondary N) is 2. The summed E-state index contributed by atoms with van der Waals surface area (Å²) < 4.78 is 36.5. The van der Waals surface area contributed by atoms with Gasteiger partial charge in [0.1, 0.15) is 47.4 Å². The average molecular weight is 763 g/mol. The van der Waals surface area contributed by atoms with E-state index in [1.807, 2.05) is 75.4 Å². The van der Waals surface area contributed by atoms with Crippen LogP contribution in [0.2, 0.25) is 0 Å². The second-order valence-electron chi connectivity index (χ2n) is 15.6. The molecule has 3 amide bonds. The largest absolute Gasteiger partial charge is 0.497 e. The standard InChI is InChI=1S/C40H51N4O9P/c1-7-26-22-40(26,54(48,49)24-50-5)43-36(45)33-20-29(23-44(33)37(46)35(39(2,3)4)42-38(47)53-27-15-11-12-16-27)52-34-21-31(25-13-9-8-10-14-25)41-32-19-28(51-6)17-18-30(32)34/h7-10,13-14,17-19,21,26-27,29,33,35H,1,11-12,15-16,20,22-24H2,2-6H3,(H,42,47)(H,43,45)(H,48,49)/t26-,29-,33+,35-,40+/m1/s1. The fourth-order valence-corrected chi connectivity index (χ4v) is 9.58. The summed E-state index contributed by atoms with van der Waals surface area (Å²) in [7, 11) is -1.16. The number of carbonyl (C=O) groups is 3. The number of pyridine rings is 1. The molecule has 54 heavy (non-hydrogen) atoms. The van der Waals surface area contributed by atoms with Crippen LogP contribution in [-0.4, -0.2) is 89.4 Å². The van der Waals surface area contributed by atoms with Crippen molar-refractivity contribution in [2.24, 2.45) is 11.3 Å². The fourth-order valence-electron chi connectivity index (χ4n) is 7.61. The Kier molecular flexibility index (Phi) is 11.4. The highest BCUT2D eigenvalue weighted by molar-refractivity contribution is 7.60. The summed E-state index contributed by atoms with van der Waals surface area (Å²) in [5, 5.41) is 4.89. The molecule has 2 heterocycles. The molecule has 13 nitrogen and oxygen atoms in total. The number of fused-ring (bicyclic) bond motifs is 1. The van der Waals surface area contributed by atoms with Crippen molar-refractivity contribution >= 4 is 36.2 Å². The van der Waals surface area contributed by atoms with Crippen molar-refractivity contribution in [3.05, 3.63) is 67.3 Å². The van der Waals surface area contributed by atoms with Crippen LogP contribution >= 0.6 is 7.37 Å². The minimum absolute atomic E-state index is 0.00373. The number of amides is 3. The molecule has 2 saturated carbocycles. The Labute approximate surface area is 316 Å². The first-order valence-electron chi connectivity index (χ1n) is 18.4. The molecule has 3 aliphatic rings. The summed E-state index contributed by atoms with van der Waals surface area (Å²) in [6.45, 7) is 9.28. The molecule has 3 fully saturated rings. The molecule has 2 aliphatic carbocycles. The van der Waals surface area contributed by atoms with Crippen LogP contribution in [0, 0.1) is 11.3 Å². The lowest BCUT2D eigenvalue weighted by Crippen LogP contribution is -2.58. The van der Waals surface area contributed by atoms with E-state index in [4.69, 9.17) is 23.9 Å². The first-order chi connectivity index (χ1) is 25.7. The van der Waals surface area contributed by atoms with E-state index in [0.717, 1.165) is 31.2 Å². The lowest BCUT2D eigenvalue weighted by atomic mass is 9.85. The monoisotopic (exact) mass is 762 g/mol. The number of aromatic nitrogens is 1. The van der Waals surface area contributed by atoms with Crippen molar-refractivity contribution in [1.82, 2.24) is 20.5 Å². The molecule has 3 aromatic rings. The third-order valence-corrected chi connectivity index (χ3v) is 13.2. The molecule has 1 aromatic heterocycles. The van der Waals surface area contributed by atoms with Crippen LogP contribution in [0.15, 0.2) is 67.3 Å². The summed E-state index contributed by atoms with van der Waals surface area (Å²) in [5.41, 5.74) is 1.38. The molecule has 2 aromatic carbocycles. The molecular formula is C40H51N4O9P. The Morgan fingerprint density at radius 3 is 2.44 bits per heavy atom. The van der Waals surface area contributed by atoms with Crippen molar-refractivity contribution in [3.8, 4) is 22.8 Å². The zero-order chi connectivity index (χ0) is 38.8. The molecule has 290 valence electrons. The zero-order valence-electron chi connectivity index (χ0n) is 31.6. The fraction of sp³-hybridized carbons (Fsp3) is 0.500. The molecule has 1 saturated heterocycles. The van der Waals surface area contributed by atoms with E-state index >= 15 is 0 Å². The molecule has 0 radical (unpaired) electrons. The minimum atomic E-state index is -4.06. The van der Waals surface area contributed by atoms with Gasteiger partial charge in [0, 0.05) is 42.5 Å². The Hall–Kier alpha value is -4.45. The first kappa shape index (κ1) is 39.2. The van der Waals surface area contributed by atoms with Gasteiger partial charge in [-0.25, -0.2) is 9.78 Å². The van der Waals surface area contributed by atoms with Crippen LogP contribution in [0.4, 0.5) is 4.79 Å². The summed E-state index contributed by atoms with van der Waals surface area (Å²) in [5.74, 6) is -0.457. The molecule has 1 unspecified atom stereocenters. The second kappa shape index (κ2) is 15.7. The second-order valence-corrected chi connectivity index (χ2v) is 18.0. The summed E-state index contributed by atoms with van der Waals surface area (Å²) >= 11 is 0. The van der Waals surface area contributed by atoms with E-state index < -0.39 is 66.4 Å². The van der Waals surface area contributed by atoms with Gasteiger partial charge in [-0.2, -0.15) is 0 Å². The van der Waals surface area contributed by atoms with Crippen LogP contribution < -0.4 is 20.1 Å². The van der Waals surface area contributed by atoms with E-state index in [1.54, 1.807) is 13.2 Å². The number of likely N-dealkylation sites (tertiary alicyclic amines) is 1. The van der Waals surface area contributed by atoms with Gasteiger partial charge in [0.2, 0.25) is 11.8 Å². The lowest BCUT2D eigenvalue weighted by Gasteiger charge is -2.35. The molecule has 3 N–H and O–H groups in total. The highest BCUT2D eigenvalue weighted by Gasteiger charge is 2.66. The number of nitrogens with zero attached hydrogens (tertiary/aromatic N) is 2. The normalized spacial score (nSPS) is 24.3. The lowest BCUT2D eigenvalue weighted by molar-refractivity contribution is -0.142. The molecule has 1 aliphatic heterocycles. The van der Waals surface area contributed by atoms with E-state index in [-0.39, 0.29) is 25.5 Å². The van der Waals surface area contributed by atoms with E-state index in [1.165, 1.54) is 12.0 Å². The smallest absolute Gasteiger partial charge is 0.408 e. The van der Waals surface area contributed by atoms with Gasteiger partial charge in [0.15, 0.2) is 0 Å². The Balaban J connectivity index is 1.34. The average Bonchev–Trinajstić information content (AvgIpc) is 3.41. The van der Waals surface area contributed by atoms with Gasteiger partial charge >= 0.3 is 6.09 Å². The Morgan fingerprint density at radius 1 is 1.09 bits per heavy atom. The predicted molar refractivity (Wildman–Crippen MR) is 204 cm³/mol. The predicted octanol–water partition coefficient (Wildman–Crippen LogP) is 6.23. The van der Waals surface area contributed by atoms with Crippen LogP contribution in [0.5, 0.6) is 11.5 Å². The molecule has 0 spiro atoms. The number of benzene rings is 2. The number of ether oxygens (including phenoxy) is 4. The molecule has 0 bridgehead atoms. The Morgan fingerprint density at radius 2 is 1.81 bits per heavy atom. The van der Waals surface area contributed by atoms with Crippen LogP contribution in [0.3, 0.4) is 0 Å². The number of hydrogen-bond acceptors (Lipinski definition) is 9. The topological polar surface area (TPSA) is 166 Å². The van der Waals surface area contributed by atoms with Gasteiger partial charge in [0.05, 0.1) is 24.9 Å². The quantitative estimate of drug-likeness (QED) is 0.134. The van der Waals surface area contributed by atoms with Crippen molar-refractivity contribution in [1.29, 1.82) is 0 Å².